The van der Waals surface area contributed by atoms with E-state index in [0.717, 1.165) is 0 Å². The summed E-state index contributed by atoms with van der Waals surface area (Å²) in [4.78, 5) is 23.0. The lowest BCUT2D eigenvalue weighted by Crippen LogP contribution is -2.13. The van der Waals surface area contributed by atoms with Gasteiger partial charge in [0.25, 0.3) is 11.6 Å². The number of amides is 1. The van der Waals surface area contributed by atoms with Crippen molar-refractivity contribution >= 4 is 35.0 Å². The predicted molar refractivity (Wildman–Crippen MR) is 135 cm³/mol. The number of ether oxygens (including phenoxy) is 3. The van der Waals surface area contributed by atoms with Crippen LogP contribution in [0.15, 0.2) is 66.2 Å². The number of hydrogen-bond donors (Lipinski definition) is 1. The molecule has 0 radical (unpaired) electrons. The van der Waals surface area contributed by atoms with Gasteiger partial charge in [-0.1, -0.05) is 17.7 Å². The summed E-state index contributed by atoms with van der Waals surface area (Å²) in [6.07, 6.45) is 1.39. The maximum absolute atomic E-state index is 12.7. The van der Waals surface area contributed by atoms with Crippen LogP contribution in [0.2, 0.25) is 5.02 Å². The maximum atomic E-state index is 12.7. The Morgan fingerprint density at radius 1 is 1.17 bits per heavy atom. The zero-order valence-corrected chi connectivity index (χ0v) is 20.2. The number of carbonyl (C=O) groups is 1. The minimum absolute atomic E-state index is 0.0233. The normalized spacial score (nSPS) is 10.8. The third-order valence-electron chi connectivity index (χ3n) is 4.86. The predicted octanol–water partition coefficient (Wildman–Crippen LogP) is 5.78. The van der Waals surface area contributed by atoms with Crippen molar-refractivity contribution in [1.82, 2.24) is 0 Å². The highest BCUT2D eigenvalue weighted by Gasteiger charge is 2.15. The van der Waals surface area contributed by atoms with Crippen LogP contribution in [0, 0.1) is 21.4 Å². The number of carbonyl (C=O) groups excluding carboxylic acids is 1. The second-order valence-corrected chi connectivity index (χ2v) is 7.74. The highest BCUT2D eigenvalue weighted by atomic mass is 35.5. The number of rotatable bonds is 10. The van der Waals surface area contributed by atoms with Gasteiger partial charge in [-0.2, -0.15) is 5.26 Å². The van der Waals surface area contributed by atoms with Crippen molar-refractivity contribution < 1.29 is 23.9 Å². The molecule has 0 aliphatic carbocycles. The number of anilines is 1. The monoisotopic (exact) mass is 507 g/mol. The summed E-state index contributed by atoms with van der Waals surface area (Å²) in [5.41, 5.74) is 1.46. The summed E-state index contributed by atoms with van der Waals surface area (Å²) in [6, 6.07) is 17.8. The largest absolute Gasteiger partial charge is 0.494 e. The SMILES string of the molecule is CCOc1cccc(NC(=O)/C(C#N)=C\c2cc(Cl)c(OCc3ccc([N+](=O)[O-])cc3)c(OC)c2)c1. The molecule has 3 aromatic rings. The molecule has 0 aliphatic rings. The van der Waals surface area contributed by atoms with Gasteiger partial charge in [0.15, 0.2) is 11.5 Å². The topological polar surface area (TPSA) is 124 Å². The Balaban J connectivity index is 1.78. The van der Waals surface area contributed by atoms with Crippen LogP contribution in [0.1, 0.15) is 18.1 Å². The van der Waals surface area contributed by atoms with Crippen molar-refractivity contribution in [2.45, 2.75) is 13.5 Å². The smallest absolute Gasteiger partial charge is 0.269 e. The Hall–Kier alpha value is -4.55. The van der Waals surface area contributed by atoms with Crippen LogP contribution >= 0.6 is 11.6 Å². The molecule has 0 unspecified atom stereocenters. The molecular weight excluding hydrogens is 486 g/mol. The first-order chi connectivity index (χ1) is 17.3. The van der Waals surface area contributed by atoms with Crippen LogP contribution in [-0.4, -0.2) is 24.5 Å². The minimum Gasteiger partial charge on any atom is -0.494 e. The molecule has 0 fully saturated rings. The van der Waals surface area contributed by atoms with Crippen LogP contribution in [0.5, 0.6) is 17.2 Å². The molecule has 0 bridgehead atoms. The molecule has 9 nitrogen and oxygen atoms in total. The molecule has 10 heteroatoms. The molecule has 0 heterocycles. The number of nitro groups is 1. The summed E-state index contributed by atoms with van der Waals surface area (Å²) in [7, 11) is 1.43. The average molecular weight is 508 g/mol. The number of methoxy groups -OCH3 is 1. The lowest BCUT2D eigenvalue weighted by molar-refractivity contribution is -0.384. The zero-order valence-electron chi connectivity index (χ0n) is 19.5. The van der Waals surface area contributed by atoms with Crippen molar-refractivity contribution in [3.63, 3.8) is 0 Å². The van der Waals surface area contributed by atoms with Gasteiger partial charge in [0.2, 0.25) is 0 Å². The van der Waals surface area contributed by atoms with Crippen LogP contribution in [0.25, 0.3) is 6.08 Å². The molecule has 3 rings (SSSR count). The quantitative estimate of drug-likeness (QED) is 0.159. The summed E-state index contributed by atoms with van der Waals surface area (Å²) >= 11 is 6.41. The summed E-state index contributed by atoms with van der Waals surface area (Å²) in [5.74, 6) is 0.543. The van der Waals surface area contributed by atoms with E-state index >= 15 is 0 Å². The van der Waals surface area contributed by atoms with Gasteiger partial charge in [-0.25, -0.2) is 0 Å². The van der Waals surface area contributed by atoms with Gasteiger partial charge in [-0.05, 0) is 60.5 Å². The summed E-state index contributed by atoms with van der Waals surface area (Å²) in [5, 5.41) is 23.2. The molecule has 0 atom stereocenters. The summed E-state index contributed by atoms with van der Waals surface area (Å²) in [6.45, 7) is 2.43. The molecule has 1 N–H and O–H groups in total. The van der Waals surface area contributed by atoms with Crippen LogP contribution in [0.3, 0.4) is 0 Å². The van der Waals surface area contributed by atoms with Crippen LogP contribution in [0.4, 0.5) is 11.4 Å². The van der Waals surface area contributed by atoms with Crippen molar-refractivity contribution in [1.29, 1.82) is 5.26 Å². The molecular formula is C26H22ClN3O6. The molecule has 3 aromatic carbocycles. The van der Waals surface area contributed by atoms with Gasteiger partial charge < -0.3 is 19.5 Å². The fourth-order valence-electron chi connectivity index (χ4n) is 3.18. The van der Waals surface area contributed by atoms with Crippen molar-refractivity contribution in [2.24, 2.45) is 0 Å². The fourth-order valence-corrected chi connectivity index (χ4v) is 3.45. The number of nitriles is 1. The number of benzene rings is 3. The van der Waals surface area contributed by atoms with Gasteiger partial charge >= 0.3 is 0 Å². The fraction of sp³-hybridized carbons (Fsp3) is 0.154. The second kappa shape index (κ2) is 12.2. The first kappa shape index (κ1) is 26.1. The van der Waals surface area contributed by atoms with E-state index in [1.54, 1.807) is 42.5 Å². The Morgan fingerprint density at radius 3 is 2.56 bits per heavy atom. The highest BCUT2D eigenvalue weighted by molar-refractivity contribution is 6.32. The first-order valence-electron chi connectivity index (χ1n) is 10.7. The Labute approximate surface area is 212 Å². The molecule has 1 amide bonds. The third-order valence-corrected chi connectivity index (χ3v) is 5.14. The van der Waals surface area contributed by atoms with Gasteiger partial charge in [0, 0.05) is 23.9 Å². The Kier molecular flexibility index (Phi) is 8.86. The van der Waals surface area contributed by atoms with E-state index in [1.165, 1.54) is 31.4 Å². The van der Waals surface area contributed by atoms with Crippen LogP contribution < -0.4 is 19.5 Å². The number of hydrogen-bond acceptors (Lipinski definition) is 7. The average Bonchev–Trinajstić information content (AvgIpc) is 2.87. The van der Waals surface area contributed by atoms with Crippen molar-refractivity contribution in [3.05, 3.63) is 92.5 Å². The molecule has 36 heavy (non-hydrogen) atoms. The first-order valence-corrected chi connectivity index (χ1v) is 11.1. The van der Waals surface area contributed by atoms with Gasteiger partial charge in [-0.15, -0.1) is 0 Å². The number of halogens is 1. The Bertz CT molecular complexity index is 1330. The van der Waals surface area contributed by atoms with Crippen LogP contribution in [-0.2, 0) is 11.4 Å². The zero-order chi connectivity index (χ0) is 26.1. The lowest BCUT2D eigenvalue weighted by Gasteiger charge is -2.13. The number of nitrogens with one attached hydrogen (secondary N) is 1. The number of non-ortho nitro benzene ring substituents is 1. The van der Waals surface area contributed by atoms with Gasteiger partial charge in [-0.3, -0.25) is 14.9 Å². The van der Waals surface area contributed by atoms with E-state index in [-0.39, 0.29) is 34.4 Å². The molecule has 0 saturated carbocycles. The van der Waals surface area contributed by atoms with E-state index in [4.69, 9.17) is 25.8 Å². The molecule has 0 aliphatic heterocycles. The molecule has 184 valence electrons. The van der Waals surface area contributed by atoms with E-state index in [0.29, 0.717) is 29.2 Å². The highest BCUT2D eigenvalue weighted by Crippen LogP contribution is 2.37. The van der Waals surface area contributed by atoms with E-state index in [1.807, 2.05) is 13.0 Å². The second-order valence-electron chi connectivity index (χ2n) is 7.33. The van der Waals surface area contributed by atoms with E-state index < -0.39 is 10.8 Å². The third kappa shape index (κ3) is 6.74. The Morgan fingerprint density at radius 2 is 1.92 bits per heavy atom. The van der Waals surface area contributed by atoms with Crippen molar-refractivity contribution in [2.75, 3.05) is 19.0 Å². The minimum atomic E-state index is -0.597. The van der Waals surface area contributed by atoms with E-state index in [9.17, 15) is 20.2 Å². The number of nitro benzene ring substituents is 1. The van der Waals surface area contributed by atoms with E-state index in [2.05, 4.69) is 5.32 Å². The molecule has 0 aromatic heterocycles. The molecule has 0 spiro atoms. The standard InChI is InChI=1S/C26H22ClN3O6/c1-3-35-22-6-4-5-20(14-22)29-26(31)19(15-28)11-18-12-23(27)25(24(13-18)34-2)36-16-17-7-9-21(10-8-17)30(32)33/h4-14H,3,16H2,1-2H3,(H,29,31)/b19-11-. The van der Waals surface area contributed by atoms with Gasteiger partial charge in [0.1, 0.15) is 24.0 Å². The summed E-state index contributed by atoms with van der Waals surface area (Å²) < 4.78 is 16.6. The number of nitrogens with zero attached hydrogens (tertiary/aromatic N) is 2. The lowest BCUT2D eigenvalue weighted by atomic mass is 10.1. The van der Waals surface area contributed by atoms with Crippen molar-refractivity contribution in [3.8, 4) is 23.3 Å². The maximum Gasteiger partial charge on any atom is 0.269 e. The van der Waals surface area contributed by atoms with Gasteiger partial charge in [0.05, 0.1) is 23.7 Å². The molecule has 0 saturated heterocycles.